The average molecular weight is 245 g/mol. The van der Waals surface area contributed by atoms with Gasteiger partial charge in [0.1, 0.15) is 0 Å². The average Bonchev–Trinajstić information content (AvgIpc) is 2.98. The van der Waals surface area contributed by atoms with Crippen LogP contribution in [0.5, 0.6) is 0 Å². The zero-order chi connectivity index (χ0) is 12.4. The molecule has 4 nitrogen and oxygen atoms in total. The lowest BCUT2D eigenvalue weighted by atomic mass is 10.1. The van der Waals surface area contributed by atoms with Crippen LogP contribution in [0.2, 0.25) is 0 Å². The highest BCUT2D eigenvalue weighted by molar-refractivity contribution is 5.74. The van der Waals surface area contributed by atoms with Crippen LogP contribution in [0.4, 0.5) is 4.79 Å². The van der Waals surface area contributed by atoms with Crippen molar-refractivity contribution >= 4 is 6.03 Å². The van der Waals surface area contributed by atoms with Gasteiger partial charge in [0.2, 0.25) is 0 Å². The summed E-state index contributed by atoms with van der Waals surface area (Å²) < 4.78 is 0. The van der Waals surface area contributed by atoms with E-state index in [1.807, 2.05) is 35.2 Å². The number of hydrogen-bond donors (Lipinski definition) is 2. The van der Waals surface area contributed by atoms with E-state index in [-0.39, 0.29) is 6.03 Å². The Bertz CT molecular complexity index is 408. The standard InChI is InChI=1S/C14H19N3O/c18-14(16-8-11-4-2-1-3-5-11)17-9-12-6-7-15-13(12)10-17/h1-5,12-13,15H,6-10H2,(H,16,18)/t12-,13+/m0/s1. The van der Waals surface area contributed by atoms with Crippen molar-refractivity contribution in [2.45, 2.75) is 19.0 Å². The van der Waals surface area contributed by atoms with E-state index in [4.69, 9.17) is 0 Å². The zero-order valence-electron chi connectivity index (χ0n) is 10.4. The molecule has 0 aliphatic carbocycles. The highest BCUT2D eigenvalue weighted by Gasteiger charge is 2.37. The maximum atomic E-state index is 12.0. The van der Waals surface area contributed by atoms with Crippen molar-refractivity contribution in [3.63, 3.8) is 0 Å². The molecule has 18 heavy (non-hydrogen) atoms. The summed E-state index contributed by atoms with van der Waals surface area (Å²) in [6, 6.07) is 10.6. The summed E-state index contributed by atoms with van der Waals surface area (Å²) in [5.74, 6) is 0.660. The van der Waals surface area contributed by atoms with Crippen LogP contribution in [-0.4, -0.2) is 36.6 Å². The SMILES string of the molecule is O=C(NCc1ccccc1)N1C[C@@H]2CCN[C@@H]2C1. The maximum absolute atomic E-state index is 12.0. The molecule has 3 rings (SSSR count). The van der Waals surface area contributed by atoms with Crippen LogP contribution in [0.15, 0.2) is 30.3 Å². The molecule has 2 aliphatic heterocycles. The smallest absolute Gasteiger partial charge is 0.317 e. The first-order chi connectivity index (χ1) is 8.83. The van der Waals surface area contributed by atoms with Gasteiger partial charge in [0.25, 0.3) is 0 Å². The van der Waals surface area contributed by atoms with Crippen LogP contribution in [0.3, 0.4) is 0 Å². The summed E-state index contributed by atoms with van der Waals surface area (Å²) in [5.41, 5.74) is 1.14. The van der Waals surface area contributed by atoms with Crippen LogP contribution in [0, 0.1) is 5.92 Å². The van der Waals surface area contributed by atoms with Gasteiger partial charge in [-0.15, -0.1) is 0 Å². The number of amides is 2. The first-order valence-electron chi connectivity index (χ1n) is 6.63. The number of likely N-dealkylation sites (tertiary alicyclic amines) is 1. The van der Waals surface area contributed by atoms with Crippen LogP contribution in [-0.2, 0) is 6.54 Å². The molecule has 0 aromatic heterocycles. The fraction of sp³-hybridized carbons (Fsp3) is 0.500. The van der Waals surface area contributed by atoms with Crippen molar-refractivity contribution in [2.24, 2.45) is 5.92 Å². The van der Waals surface area contributed by atoms with E-state index in [9.17, 15) is 4.79 Å². The summed E-state index contributed by atoms with van der Waals surface area (Å²) in [4.78, 5) is 14.0. The topological polar surface area (TPSA) is 44.4 Å². The van der Waals surface area contributed by atoms with Gasteiger partial charge < -0.3 is 15.5 Å². The Kier molecular flexibility index (Phi) is 3.19. The predicted molar refractivity (Wildman–Crippen MR) is 70.1 cm³/mol. The van der Waals surface area contributed by atoms with Crippen molar-refractivity contribution in [1.82, 2.24) is 15.5 Å². The minimum absolute atomic E-state index is 0.0649. The van der Waals surface area contributed by atoms with Gasteiger partial charge in [-0.05, 0) is 24.4 Å². The zero-order valence-corrected chi connectivity index (χ0v) is 10.4. The maximum Gasteiger partial charge on any atom is 0.317 e. The molecule has 0 unspecified atom stereocenters. The second-order valence-corrected chi connectivity index (χ2v) is 5.16. The van der Waals surface area contributed by atoms with Crippen molar-refractivity contribution < 1.29 is 4.79 Å². The van der Waals surface area contributed by atoms with Gasteiger partial charge in [0, 0.05) is 25.7 Å². The third-order valence-electron chi connectivity index (χ3n) is 3.94. The Morgan fingerprint density at radius 3 is 2.94 bits per heavy atom. The van der Waals surface area contributed by atoms with E-state index in [1.54, 1.807) is 0 Å². The lowest BCUT2D eigenvalue weighted by molar-refractivity contribution is 0.205. The number of fused-ring (bicyclic) bond motifs is 1. The molecule has 0 saturated carbocycles. The molecule has 2 heterocycles. The van der Waals surface area contributed by atoms with Crippen molar-refractivity contribution in [3.8, 4) is 0 Å². The van der Waals surface area contributed by atoms with E-state index >= 15 is 0 Å². The van der Waals surface area contributed by atoms with Gasteiger partial charge >= 0.3 is 6.03 Å². The molecule has 2 N–H and O–H groups in total. The Morgan fingerprint density at radius 2 is 2.17 bits per heavy atom. The first kappa shape index (κ1) is 11.5. The molecule has 2 fully saturated rings. The third kappa shape index (κ3) is 2.34. The number of carbonyl (C=O) groups is 1. The molecule has 1 aromatic carbocycles. The third-order valence-corrected chi connectivity index (χ3v) is 3.94. The fourth-order valence-electron chi connectivity index (χ4n) is 2.90. The lowest BCUT2D eigenvalue weighted by Crippen LogP contribution is -2.40. The van der Waals surface area contributed by atoms with Gasteiger partial charge in [-0.1, -0.05) is 30.3 Å². The number of carbonyl (C=O) groups excluding carboxylic acids is 1. The van der Waals surface area contributed by atoms with Gasteiger partial charge in [-0.2, -0.15) is 0 Å². The molecule has 2 aliphatic rings. The van der Waals surface area contributed by atoms with Crippen LogP contribution < -0.4 is 10.6 Å². The summed E-state index contributed by atoms with van der Waals surface area (Å²) in [6.45, 7) is 3.47. The highest BCUT2D eigenvalue weighted by Crippen LogP contribution is 2.24. The predicted octanol–water partition coefficient (Wildman–Crippen LogP) is 1.19. The highest BCUT2D eigenvalue weighted by atomic mass is 16.2. The summed E-state index contributed by atoms with van der Waals surface area (Å²) >= 11 is 0. The number of nitrogens with one attached hydrogen (secondary N) is 2. The normalized spacial score (nSPS) is 26.1. The van der Waals surface area contributed by atoms with E-state index < -0.39 is 0 Å². The lowest BCUT2D eigenvalue weighted by Gasteiger charge is -2.18. The molecular weight excluding hydrogens is 226 g/mol. The molecule has 2 amide bonds. The van der Waals surface area contributed by atoms with Gasteiger partial charge in [-0.25, -0.2) is 4.79 Å². The molecule has 2 saturated heterocycles. The second-order valence-electron chi connectivity index (χ2n) is 5.16. The second kappa shape index (κ2) is 4.98. The number of hydrogen-bond acceptors (Lipinski definition) is 2. The molecule has 1 aromatic rings. The minimum Gasteiger partial charge on any atom is -0.334 e. The fourth-order valence-corrected chi connectivity index (χ4v) is 2.90. The largest absolute Gasteiger partial charge is 0.334 e. The summed E-state index contributed by atoms with van der Waals surface area (Å²) in [5, 5.41) is 6.44. The quantitative estimate of drug-likeness (QED) is 0.822. The number of rotatable bonds is 2. The number of nitrogens with zero attached hydrogens (tertiary/aromatic N) is 1. The Labute approximate surface area is 107 Å². The van der Waals surface area contributed by atoms with Crippen LogP contribution in [0.25, 0.3) is 0 Å². The van der Waals surface area contributed by atoms with Crippen molar-refractivity contribution in [3.05, 3.63) is 35.9 Å². The van der Waals surface area contributed by atoms with E-state index in [0.717, 1.165) is 25.2 Å². The molecule has 0 radical (unpaired) electrons. The minimum atomic E-state index is 0.0649. The Balaban J connectivity index is 1.50. The number of benzene rings is 1. The molecule has 0 spiro atoms. The first-order valence-corrected chi connectivity index (χ1v) is 6.63. The van der Waals surface area contributed by atoms with Crippen molar-refractivity contribution in [1.29, 1.82) is 0 Å². The molecule has 2 atom stereocenters. The van der Waals surface area contributed by atoms with E-state index in [1.165, 1.54) is 6.42 Å². The van der Waals surface area contributed by atoms with Gasteiger partial charge in [-0.3, -0.25) is 0 Å². The van der Waals surface area contributed by atoms with Crippen LogP contribution >= 0.6 is 0 Å². The van der Waals surface area contributed by atoms with E-state index in [0.29, 0.717) is 18.5 Å². The summed E-state index contributed by atoms with van der Waals surface area (Å²) in [6.07, 6.45) is 1.20. The Morgan fingerprint density at radius 1 is 1.33 bits per heavy atom. The van der Waals surface area contributed by atoms with E-state index in [2.05, 4.69) is 10.6 Å². The van der Waals surface area contributed by atoms with Crippen molar-refractivity contribution in [2.75, 3.05) is 19.6 Å². The van der Waals surface area contributed by atoms with Gasteiger partial charge in [0.15, 0.2) is 0 Å². The number of urea groups is 1. The van der Waals surface area contributed by atoms with Gasteiger partial charge in [0.05, 0.1) is 0 Å². The molecule has 96 valence electrons. The monoisotopic (exact) mass is 245 g/mol. The Hall–Kier alpha value is -1.55. The van der Waals surface area contributed by atoms with Crippen LogP contribution in [0.1, 0.15) is 12.0 Å². The molecular formula is C14H19N3O. The molecule has 0 bridgehead atoms. The summed E-state index contributed by atoms with van der Waals surface area (Å²) in [7, 11) is 0. The molecule has 4 heteroatoms.